The molecule has 2 aliphatic rings. The van der Waals surface area contributed by atoms with Gasteiger partial charge in [-0.3, -0.25) is 4.48 Å². The minimum atomic E-state index is -3.50. The van der Waals surface area contributed by atoms with E-state index in [1.165, 1.54) is 5.69 Å². The minimum absolute atomic E-state index is 0.0402. The van der Waals surface area contributed by atoms with Gasteiger partial charge in [0.15, 0.2) is 0 Å². The van der Waals surface area contributed by atoms with Crippen molar-refractivity contribution in [2.24, 2.45) is 0 Å². The third kappa shape index (κ3) is 2.53. The highest BCUT2D eigenvalue weighted by molar-refractivity contribution is 7.91. The van der Waals surface area contributed by atoms with E-state index < -0.39 is 9.84 Å². The van der Waals surface area contributed by atoms with Gasteiger partial charge in [0.1, 0.15) is 11.7 Å². The molecule has 0 saturated heterocycles. The smallest absolute Gasteiger partial charge is 0.206 e. The van der Waals surface area contributed by atoms with Crippen molar-refractivity contribution in [1.29, 1.82) is 0 Å². The van der Waals surface area contributed by atoms with E-state index in [-0.39, 0.29) is 12.0 Å². The van der Waals surface area contributed by atoms with E-state index in [1.54, 1.807) is 30.3 Å². The Bertz CT molecular complexity index is 907. The van der Waals surface area contributed by atoms with E-state index in [9.17, 15) is 8.42 Å². The molecule has 1 heterocycles. The van der Waals surface area contributed by atoms with Crippen molar-refractivity contribution in [3.05, 3.63) is 59.8 Å². The molecule has 0 bridgehead atoms. The average molecular weight is 356 g/mol. The monoisotopic (exact) mass is 356 g/mol. The molecule has 4 rings (SSSR count). The van der Waals surface area contributed by atoms with Crippen molar-refractivity contribution in [2.45, 2.75) is 47.1 Å². The van der Waals surface area contributed by atoms with Crippen molar-refractivity contribution in [2.75, 3.05) is 14.1 Å². The third-order valence-electron chi connectivity index (χ3n) is 6.03. The highest BCUT2D eigenvalue weighted by Gasteiger charge is 2.49. The molecule has 1 N–H and O–H groups in total. The van der Waals surface area contributed by atoms with Crippen molar-refractivity contribution < 1.29 is 8.42 Å². The van der Waals surface area contributed by atoms with Gasteiger partial charge in [-0.1, -0.05) is 31.0 Å². The number of quaternary nitrogens is 1. The van der Waals surface area contributed by atoms with Crippen LogP contribution in [0.1, 0.15) is 30.7 Å². The number of nitrogens with zero attached hydrogens (tertiary/aromatic N) is 1. The quantitative estimate of drug-likeness (QED) is 0.759. The zero-order chi connectivity index (χ0) is 17.8. The number of benzene rings is 2. The van der Waals surface area contributed by atoms with Gasteiger partial charge in [0.25, 0.3) is 0 Å². The molecule has 1 saturated carbocycles. The summed E-state index contributed by atoms with van der Waals surface area (Å²) in [6.45, 7) is 0. The van der Waals surface area contributed by atoms with Crippen LogP contribution in [0.25, 0.3) is 5.73 Å². The normalized spacial score (nSPS) is 27.6. The Balaban J connectivity index is 1.83. The van der Waals surface area contributed by atoms with Crippen LogP contribution >= 0.6 is 0 Å². The van der Waals surface area contributed by atoms with Gasteiger partial charge in [-0.25, -0.2) is 8.42 Å². The zero-order valence-corrected chi connectivity index (χ0v) is 15.5. The highest BCUT2D eigenvalue weighted by Crippen LogP contribution is 2.51. The van der Waals surface area contributed by atoms with E-state index in [2.05, 4.69) is 14.1 Å². The Labute approximate surface area is 149 Å². The zero-order valence-electron chi connectivity index (χ0n) is 14.6. The lowest BCUT2D eigenvalue weighted by molar-refractivity contribution is 0.226. The first-order chi connectivity index (χ1) is 11.8. The Hall–Kier alpha value is -1.69. The summed E-state index contributed by atoms with van der Waals surface area (Å²) < 4.78 is 26.7. The maximum absolute atomic E-state index is 13.0. The van der Waals surface area contributed by atoms with Gasteiger partial charge in [0.2, 0.25) is 9.84 Å². The van der Waals surface area contributed by atoms with E-state index in [0.717, 1.165) is 29.3 Å². The Morgan fingerprint density at radius 1 is 1.00 bits per heavy atom. The molecule has 3 atom stereocenters. The first kappa shape index (κ1) is 16.8. The molecule has 2 aromatic rings. The molecule has 0 amide bonds. The Morgan fingerprint density at radius 2 is 1.72 bits per heavy atom. The Morgan fingerprint density at radius 3 is 2.44 bits per heavy atom. The number of sulfone groups is 1. The number of rotatable bonds is 2. The Kier molecular flexibility index (Phi) is 3.79. The topological polar surface area (TPSA) is 57.9 Å². The molecule has 132 valence electrons. The summed E-state index contributed by atoms with van der Waals surface area (Å²) in [5.41, 5.74) is 10.5. The van der Waals surface area contributed by atoms with Crippen molar-refractivity contribution in [3.8, 4) is 0 Å². The second kappa shape index (κ2) is 5.66. The summed E-state index contributed by atoms with van der Waals surface area (Å²) in [5.74, 6) is 0.284. The van der Waals surface area contributed by atoms with Crippen molar-refractivity contribution >= 4 is 15.5 Å². The molecule has 2 aromatic carbocycles. The third-order valence-corrected chi connectivity index (χ3v) is 7.79. The summed E-state index contributed by atoms with van der Waals surface area (Å²) in [6.07, 6.45) is 2.79. The van der Waals surface area contributed by atoms with Crippen LogP contribution < -0.4 is 4.48 Å². The van der Waals surface area contributed by atoms with E-state index in [0.29, 0.717) is 15.8 Å². The predicted octanol–water partition coefficient (Wildman–Crippen LogP) is 4.16. The fourth-order valence-corrected chi connectivity index (χ4v) is 6.01. The van der Waals surface area contributed by atoms with E-state index in [4.69, 9.17) is 5.73 Å². The van der Waals surface area contributed by atoms with Crippen LogP contribution in [0.3, 0.4) is 0 Å². The largest absolute Gasteiger partial charge is 0.675 e. The van der Waals surface area contributed by atoms with Gasteiger partial charge in [-0.2, -0.15) is 0 Å². The molecular weight excluding hydrogens is 332 g/mol. The molecule has 4 nitrogen and oxygen atoms in total. The van der Waals surface area contributed by atoms with Gasteiger partial charge >= 0.3 is 0 Å². The van der Waals surface area contributed by atoms with Crippen LogP contribution in [-0.4, -0.2) is 34.6 Å². The second-order valence-electron chi connectivity index (χ2n) is 7.76. The number of fused-ring (bicyclic) bond motifs is 3. The van der Waals surface area contributed by atoms with Crippen LogP contribution in [0.4, 0.5) is 5.69 Å². The molecule has 1 aliphatic carbocycles. The molecule has 25 heavy (non-hydrogen) atoms. The summed E-state index contributed by atoms with van der Waals surface area (Å²) in [7, 11) is 0.912. The average Bonchev–Trinajstić information content (AvgIpc) is 2.82. The lowest BCUT2D eigenvalue weighted by atomic mass is 9.80. The fraction of sp³-hybridized carbons (Fsp3) is 0.400. The molecule has 5 heteroatoms. The number of hydrogen-bond acceptors (Lipinski definition) is 2. The van der Waals surface area contributed by atoms with Gasteiger partial charge in [-0.05, 0) is 30.7 Å². The van der Waals surface area contributed by atoms with Gasteiger partial charge in [-0.15, -0.1) is 6.04 Å². The summed E-state index contributed by atoms with van der Waals surface area (Å²) >= 11 is 0. The van der Waals surface area contributed by atoms with Crippen LogP contribution in [0.5, 0.6) is 0 Å². The van der Waals surface area contributed by atoms with Gasteiger partial charge in [0.05, 0.1) is 23.9 Å². The maximum atomic E-state index is 13.0. The second-order valence-corrected chi connectivity index (χ2v) is 9.71. The van der Waals surface area contributed by atoms with Crippen molar-refractivity contribution in [3.63, 3.8) is 0 Å². The molecule has 0 radical (unpaired) electrons. The van der Waals surface area contributed by atoms with Crippen LogP contribution in [0, 0.1) is 0 Å². The van der Waals surface area contributed by atoms with Crippen molar-refractivity contribution in [1.82, 2.24) is 4.48 Å². The summed E-state index contributed by atoms with van der Waals surface area (Å²) in [5, 5.41) is 0. The predicted molar refractivity (Wildman–Crippen MR) is 100 cm³/mol. The van der Waals surface area contributed by atoms with Crippen LogP contribution in [-0.2, 0) is 9.84 Å². The number of nitrogens with one attached hydrogen (secondary N) is 1. The fourth-order valence-electron chi connectivity index (χ4n) is 4.70. The molecule has 0 spiro atoms. The van der Waals surface area contributed by atoms with Gasteiger partial charge < -0.3 is 5.73 Å². The van der Waals surface area contributed by atoms with Crippen LogP contribution in [0.2, 0.25) is 0 Å². The maximum Gasteiger partial charge on any atom is 0.206 e. The van der Waals surface area contributed by atoms with E-state index in [1.807, 2.05) is 18.2 Å². The van der Waals surface area contributed by atoms with E-state index >= 15 is 0 Å². The molecule has 0 aromatic heterocycles. The standard InChI is InChI=1S/C20H24N2O2S/c1-22(2)19-10-8-14(21)12-17(19)18-13-16(9-11-20(18)22)25(23,24)15-6-4-3-5-7-15/h3-7,9,11,13-14,17,19,21H,8,10,12H2,1-2H3/t14-,17?,19?/m1/s1. The minimum Gasteiger partial charge on any atom is -0.675 e. The first-order valence-corrected chi connectivity index (χ1v) is 10.3. The molecule has 1 aliphatic heterocycles. The SMILES string of the molecule is C[N+]1(C)c2ccc(S(=O)(=O)c3ccccc3)cc2C2C[C@H]([NH-])CCC21. The van der Waals surface area contributed by atoms with Gasteiger partial charge in [0, 0.05) is 17.5 Å². The first-order valence-electron chi connectivity index (χ1n) is 8.81. The number of likely N-dealkylation sites (N-methyl/N-ethyl adjacent to an activating group) is 1. The highest BCUT2D eigenvalue weighted by atomic mass is 32.2. The molecule has 1 fully saturated rings. The lowest BCUT2D eigenvalue weighted by Gasteiger charge is -2.40. The molecular formula is C20H24N2O2S. The summed E-state index contributed by atoms with van der Waals surface area (Å²) in [6, 6.07) is 14.6. The molecule has 2 unspecified atom stereocenters. The summed E-state index contributed by atoms with van der Waals surface area (Å²) in [4.78, 5) is 0.700. The van der Waals surface area contributed by atoms with Crippen LogP contribution in [0.15, 0.2) is 58.3 Å². The number of hydrogen-bond donors (Lipinski definition) is 0. The lowest BCUT2D eigenvalue weighted by Crippen LogP contribution is -2.50.